The number of nitrogens with one attached hydrogen (secondary N) is 1. The Labute approximate surface area is 113 Å². The molecule has 2 heterocycles. The van der Waals surface area contributed by atoms with Gasteiger partial charge in [0, 0.05) is 23.2 Å². The highest BCUT2D eigenvalue weighted by Crippen LogP contribution is 2.23. The lowest BCUT2D eigenvalue weighted by atomic mass is 10.1. The molecule has 2 rings (SSSR count). The molecule has 3 nitrogen and oxygen atoms in total. The minimum Gasteiger partial charge on any atom is -0.336 e. The molecular weight excluding hydrogens is 244 g/mol. The molecule has 0 bridgehead atoms. The van der Waals surface area contributed by atoms with Crippen LogP contribution < -0.4 is 4.90 Å². The van der Waals surface area contributed by atoms with Gasteiger partial charge in [0.15, 0.2) is 0 Å². The van der Waals surface area contributed by atoms with Gasteiger partial charge in [-0.2, -0.15) is 0 Å². The van der Waals surface area contributed by atoms with E-state index in [2.05, 4.69) is 20.9 Å². The topological polar surface area (TPSA) is 24.8 Å². The molecule has 1 aliphatic rings. The highest BCUT2D eigenvalue weighted by molar-refractivity contribution is 7.10. The molecule has 1 aromatic rings. The molecule has 0 aliphatic carbocycles. The average Bonchev–Trinajstić information content (AvgIpc) is 2.59. The van der Waals surface area contributed by atoms with Crippen molar-refractivity contribution in [2.75, 3.05) is 33.2 Å². The van der Waals surface area contributed by atoms with Gasteiger partial charge >= 0.3 is 0 Å². The van der Waals surface area contributed by atoms with Gasteiger partial charge in [-0.15, -0.1) is 11.3 Å². The zero-order valence-electron chi connectivity index (χ0n) is 11.6. The highest BCUT2D eigenvalue weighted by Gasteiger charge is 2.23. The van der Waals surface area contributed by atoms with Crippen LogP contribution in [0.4, 0.5) is 0 Å². The third-order valence-electron chi connectivity index (χ3n) is 3.81. The number of carbonyl (C=O) groups excluding carboxylic acids is 1. The molecule has 0 radical (unpaired) electrons. The highest BCUT2D eigenvalue weighted by atomic mass is 32.1. The predicted molar refractivity (Wildman–Crippen MR) is 75.6 cm³/mol. The van der Waals surface area contributed by atoms with Crippen LogP contribution in [-0.4, -0.2) is 44.0 Å². The summed E-state index contributed by atoms with van der Waals surface area (Å²) in [4.78, 5) is 17.4. The maximum Gasteiger partial charge on any atom is 0.255 e. The summed E-state index contributed by atoms with van der Waals surface area (Å²) in [5.74, 6) is 0.242. The van der Waals surface area contributed by atoms with Crippen LogP contribution in [0.15, 0.2) is 5.38 Å². The summed E-state index contributed by atoms with van der Waals surface area (Å²) in [6.45, 7) is 8.28. The molecule has 1 atom stereocenters. The van der Waals surface area contributed by atoms with Gasteiger partial charge in [0.2, 0.25) is 0 Å². The fourth-order valence-corrected chi connectivity index (χ4v) is 3.54. The van der Waals surface area contributed by atoms with Crippen LogP contribution in [0.1, 0.15) is 34.1 Å². The molecule has 0 saturated carbocycles. The van der Waals surface area contributed by atoms with E-state index < -0.39 is 0 Å². The molecule has 1 N–H and O–H groups in total. The number of rotatable bonds is 2. The summed E-state index contributed by atoms with van der Waals surface area (Å²) < 4.78 is 0. The first kappa shape index (κ1) is 13.6. The molecule has 4 heteroatoms. The van der Waals surface area contributed by atoms with Crippen LogP contribution in [0, 0.1) is 6.92 Å². The van der Waals surface area contributed by atoms with Crippen molar-refractivity contribution < 1.29 is 9.69 Å². The van der Waals surface area contributed by atoms with E-state index in [1.54, 1.807) is 11.3 Å². The Morgan fingerprint density at radius 1 is 1.44 bits per heavy atom. The molecule has 1 amide bonds. The second kappa shape index (κ2) is 5.85. The summed E-state index contributed by atoms with van der Waals surface area (Å²) in [6.07, 6.45) is 2.07. The van der Waals surface area contributed by atoms with Gasteiger partial charge in [-0.3, -0.25) is 4.79 Å². The van der Waals surface area contributed by atoms with E-state index in [1.165, 1.54) is 21.9 Å². The van der Waals surface area contributed by atoms with Crippen molar-refractivity contribution in [1.29, 1.82) is 0 Å². The average molecular weight is 267 g/mol. The normalized spacial score (nSPS) is 20.8. The van der Waals surface area contributed by atoms with Crippen LogP contribution in [0.3, 0.4) is 0 Å². The Morgan fingerprint density at radius 3 is 2.94 bits per heavy atom. The van der Waals surface area contributed by atoms with E-state index >= 15 is 0 Å². The Balaban J connectivity index is 2.15. The van der Waals surface area contributed by atoms with Crippen LogP contribution in [0.2, 0.25) is 0 Å². The van der Waals surface area contributed by atoms with Crippen LogP contribution in [0.25, 0.3) is 0 Å². The summed E-state index contributed by atoms with van der Waals surface area (Å²) >= 11 is 1.70. The number of likely N-dealkylation sites (N-methyl/N-ethyl adjacent to an activating group) is 1. The smallest absolute Gasteiger partial charge is 0.255 e. The minimum absolute atomic E-state index is 0.242. The lowest BCUT2D eigenvalue weighted by Crippen LogP contribution is -3.09. The maximum atomic E-state index is 12.6. The maximum absolute atomic E-state index is 12.6. The number of hydrogen-bond acceptors (Lipinski definition) is 2. The molecule has 0 spiro atoms. The van der Waals surface area contributed by atoms with Crippen LogP contribution in [0.5, 0.6) is 0 Å². The van der Waals surface area contributed by atoms with E-state index in [9.17, 15) is 4.79 Å². The van der Waals surface area contributed by atoms with Crippen LogP contribution >= 0.6 is 11.3 Å². The minimum atomic E-state index is 0.242. The quantitative estimate of drug-likeness (QED) is 0.849. The summed E-state index contributed by atoms with van der Waals surface area (Å²) in [7, 11) is 2.21. The molecular formula is C14H23N2OS+. The van der Waals surface area contributed by atoms with Gasteiger partial charge in [-0.1, -0.05) is 6.92 Å². The van der Waals surface area contributed by atoms with Gasteiger partial charge < -0.3 is 9.80 Å². The molecule has 1 fully saturated rings. The fraction of sp³-hybridized carbons (Fsp3) is 0.643. The third kappa shape index (κ3) is 2.75. The van der Waals surface area contributed by atoms with E-state index in [1.807, 2.05) is 10.3 Å². The number of thiophene rings is 1. The zero-order chi connectivity index (χ0) is 13.1. The van der Waals surface area contributed by atoms with Crippen molar-refractivity contribution in [3.63, 3.8) is 0 Å². The Bertz CT molecular complexity index is 427. The number of hydrogen-bond donors (Lipinski definition) is 1. The number of amides is 1. The van der Waals surface area contributed by atoms with Gasteiger partial charge in [0.25, 0.3) is 5.91 Å². The molecule has 1 aromatic heterocycles. The standard InChI is InChI=1S/C14H22N2OS/c1-4-12-11(2)18-10-13(12)14(17)16-7-5-6-15(3)8-9-16/h10H,4-9H2,1-3H3/p+1. The largest absolute Gasteiger partial charge is 0.336 e. The van der Waals surface area contributed by atoms with E-state index in [4.69, 9.17) is 0 Å². The first-order valence-electron chi connectivity index (χ1n) is 6.81. The second-order valence-electron chi connectivity index (χ2n) is 5.14. The van der Waals surface area contributed by atoms with Crippen molar-refractivity contribution in [3.05, 3.63) is 21.4 Å². The predicted octanol–water partition coefficient (Wildman–Crippen LogP) is 0.980. The Hall–Kier alpha value is -0.870. The molecule has 0 aromatic carbocycles. The van der Waals surface area contributed by atoms with Crippen LogP contribution in [-0.2, 0) is 6.42 Å². The second-order valence-corrected chi connectivity index (χ2v) is 6.22. The molecule has 100 valence electrons. The van der Waals surface area contributed by atoms with Crippen molar-refractivity contribution in [2.24, 2.45) is 0 Å². The lowest BCUT2D eigenvalue weighted by molar-refractivity contribution is -0.877. The van der Waals surface area contributed by atoms with Gasteiger partial charge in [-0.05, 0) is 18.9 Å². The summed E-state index contributed by atoms with van der Waals surface area (Å²) in [6, 6.07) is 0. The number of aryl methyl sites for hydroxylation is 1. The monoisotopic (exact) mass is 267 g/mol. The van der Waals surface area contributed by atoms with Crippen molar-refractivity contribution in [1.82, 2.24) is 4.90 Å². The first-order valence-corrected chi connectivity index (χ1v) is 7.69. The van der Waals surface area contributed by atoms with E-state index in [0.717, 1.165) is 38.0 Å². The van der Waals surface area contributed by atoms with Gasteiger partial charge in [0.05, 0.1) is 32.2 Å². The number of quaternary nitrogens is 1. The number of carbonyl (C=O) groups is 1. The third-order valence-corrected chi connectivity index (χ3v) is 4.77. The molecule has 1 unspecified atom stereocenters. The summed E-state index contributed by atoms with van der Waals surface area (Å²) in [5, 5.41) is 2.04. The van der Waals surface area contributed by atoms with E-state index in [-0.39, 0.29) is 5.91 Å². The number of nitrogens with zero attached hydrogens (tertiary/aromatic N) is 1. The lowest BCUT2D eigenvalue weighted by Gasteiger charge is -2.19. The molecule has 1 aliphatic heterocycles. The SMILES string of the molecule is CCc1c(C(=O)N2CCC[NH+](C)CC2)csc1C. The molecule has 1 saturated heterocycles. The summed E-state index contributed by atoms with van der Waals surface area (Å²) in [5.41, 5.74) is 2.19. The van der Waals surface area contributed by atoms with Gasteiger partial charge in [0.1, 0.15) is 0 Å². The van der Waals surface area contributed by atoms with Gasteiger partial charge in [-0.25, -0.2) is 0 Å². The first-order chi connectivity index (χ1) is 8.63. The Kier molecular flexibility index (Phi) is 4.40. The molecule has 18 heavy (non-hydrogen) atoms. The van der Waals surface area contributed by atoms with Crippen molar-refractivity contribution >= 4 is 17.2 Å². The van der Waals surface area contributed by atoms with E-state index in [0.29, 0.717) is 0 Å². The zero-order valence-corrected chi connectivity index (χ0v) is 12.4. The van der Waals surface area contributed by atoms with Crippen molar-refractivity contribution in [3.8, 4) is 0 Å². The Morgan fingerprint density at radius 2 is 2.22 bits per heavy atom. The van der Waals surface area contributed by atoms with Crippen molar-refractivity contribution in [2.45, 2.75) is 26.7 Å². The fourth-order valence-electron chi connectivity index (χ4n) is 2.61.